The van der Waals surface area contributed by atoms with Crippen LogP contribution in [0.5, 0.6) is 0 Å². The highest BCUT2D eigenvalue weighted by Gasteiger charge is 2.17. The van der Waals surface area contributed by atoms with Gasteiger partial charge in [0.1, 0.15) is 6.10 Å². The van der Waals surface area contributed by atoms with E-state index in [1.807, 2.05) is 31.2 Å². The van der Waals surface area contributed by atoms with Gasteiger partial charge in [0.15, 0.2) is 0 Å². The number of hydrogen-bond acceptors (Lipinski definition) is 3. The zero-order valence-electron chi connectivity index (χ0n) is 8.22. The molecule has 2 unspecified atom stereocenters. The Kier molecular flexibility index (Phi) is 4.45. The first-order valence-electron chi connectivity index (χ1n) is 4.68. The summed E-state index contributed by atoms with van der Waals surface area (Å²) in [5.41, 5.74) is 1.85. The van der Waals surface area contributed by atoms with Crippen LogP contribution in [0.25, 0.3) is 0 Å². The van der Waals surface area contributed by atoms with Crippen molar-refractivity contribution in [2.45, 2.75) is 25.6 Å². The lowest BCUT2D eigenvalue weighted by Crippen LogP contribution is -2.18. The lowest BCUT2D eigenvalue weighted by molar-refractivity contribution is 0.0172. The Hall–Kier alpha value is -0.510. The highest BCUT2D eigenvalue weighted by Crippen LogP contribution is 2.19. The predicted octanol–water partition coefficient (Wildman–Crippen LogP) is 1.71. The van der Waals surface area contributed by atoms with Crippen LogP contribution < -0.4 is 0 Å². The maximum absolute atomic E-state index is 9.76. The van der Waals surface area contributed by atoms with E-state index in [-0.39, 0.29) is 0 Å². The van der Waals surface area contributed by atoms with Gasteiger partial charge in [-0.15, -0.1) is 0 Å². The minimum absolute atomic E-state index is 0.498. The maximum atomic E-state index is 9.76. The lowest BCUT2D eigenvalue weighted by atomic mass is 10.0. The van der Waals surface area contributed by atoms with Crippen molar-refractivity contribution in [1.29, 1.82) is 0 Å². The second-order valence-electron chi connectivity index (χ2n) is 3.44. The van der Waals surface area contributed by atoms with Crippen molar-refractivity contribution in [3.63, 3.8) is 0 Å². The Labute approximate surface area is 90.0 Å². The number of aryl methyl sites for hydroxylation is 1. The Morgan fingerprint density at radius 1 is 1.36 bits per heavy atom. The highest BCUT2D eigenvalue weighted by molar-refractivity contribution is 7.80. The van der Waals surface area contributed by atoms with Gasteiger partial charge in [-0.1, -0.05) is 29.8 Å². The molecule has 3 heteroatoms. The molecular weight excluding hydrogens is 196 g/mol. The van der Waals surface area contributed by atoms with E-state index in [0.29, 0.717) is 12.2 Å². The van der Waals surface area contributed by atoms with Crippen LogP contribution >= 0.6 is 12.6 Å². The second-order valence-corrected chi connectivity index (χ2v) is 3.89. The summed E-state index contributed by atoms with van der Waals surface area (Å²) in [6.07, 6.45) is -1.03. The Morgan fingerprint density at radius 2 is 2.07 bits per heavy atom. The first kappa shape index (κ1) is 11.6. The lowest BCUT2D eigenvalue weighted by Gasteiger charge is -2.17. The van der Waals surface area contributed by atoms with E-state index in [2.05, 4.69) is 12.6 Å². The molecule has 1 rings (SSSR count). The standard InChI is InChI=1S/C11H16O2S/c1-8-3-2-4-9(7-8)11(13)10(12)5-6-14/h2-4,7,10-14H,5-6H2,1H3. The van der Waals surface area contributed by atoms with Crippen LogP contribution in [0.3, 0.4) is 0 Å². The summed E-state index contributed by atoms with van der Waals surface area (Å²) in [5.74, 6) is 0.573. The topological polar surface area (TPSA) is 40.5 Å². The SMILES string of the molecule is Cc1cccc(C(O)C(O)CCS)c1. The minimum atomic E-state index is -0.804. The van der Waals surface area contributed by atoms with Crippen LogP contribution in [0.1, 0.15) is 23.7 Å². The Bertz CT molecular complexity index is 288. The van der Waals surface area contributed by atoms with Crippen molar-refractivity contribution in [2.75, 3.05) is 5.75 Å². The van der Waals surface area contributed by atoms with Gasteiger partial charge in [0.2, 0.25) is 0 Å². The molecule has 0 aliphatic carbocycles. The van der Waals surface area contributed by atoms with E-state index in [1.165, 1.54) is 0 Å². The summed E-state index contributed by atoms with van der Waals surface area (Å²) >= 11 is 4.02. The number of rotatable bonds is 4. The molecule has 0 radical (unpaired) electrons. The molecule has 1 aromatic carbocycles. The van der Waals surface area contributed by atoms with Crippen molar-refractivity contribution < 1.29 is 10.2 Å². The van der Waals surface area contributed by atoms with Crippen molar-refractivity contribution in [2.24, 2.45) is 0 Å². The van der Waals surface area contributed by atoms with Crippen LogP contribution in [-0.4, -0.2) is 22.1 Å². The van der Waals surface area contributed by atoms with Gasteiger partial charge in [-0.2, -0.15) is 12.6 Å². The molecular formula is C11H16O2S. The van der Waals surface area contributed by atoms with E-state index >= 15 is 0 Å². The van der Waals surface area contributed by atoms with E-state index in [1.54, 1.807) is 0 Å². The van der Waals surface area contributed by atoms with Gasteiger partial charge in [-0.05, 0) is 24.7 Å². The molecule has 2 atom stereocenters. The quantitative estimate of drug-likeness (QED) is 0.665. The summed E-state index contributed by atoms with van der Waals surface area (Å²) in [7, 11) is 0. The van der Waals surface area contributed by atoms with Crippen molar-refractivity contribution in [3.05, 3.63) is 35.4 Å². The second kappa shape index (κ2) is 5.39. The number of benzene rings is 1. The van der Waals surface area contributed by atoms with Gasteiger partial charge in [-0.3, -0.25) is 0 Å². The maximum Gasteiger partial charge on any atom is 0.105 e. The molecule has 0 saturated carbocycles. The van der Waals surface area contributed by atoms with Crippen LogP contribution in [-0.2, 0) is 0 Å². The molecule has 78 valence electrons. The summed E-state index contributed by atoms with van der Waals surface area (Å²) < 4.78 is 0. The molecule has 0 fully saturated rings. The zero-order chi connectivity index (χ0) is 10.6. The fourth-order valence-corrected chi connectivity index (χ4v) is 1.63. The molecule has 0 bridgehead atoms. The van der Waals surface area contributed by atoms with Crippen LogP contribution in [0.2, 0.25) is 0 Å². The number of hydrogen-bond donors (Lipinski definition) is 3. The monoisotopic (exact) mass is 212 g/mol. The van der Waals surface area contributed by atoms with E-state index in [0.717, 1.165) is 11.1 Å². The molecule has 2 nitrogen and oxygen atoms in total. The number of aliphatic hydroxyl groups excluding tert-OH is 2. The van der Waals surface area contributed by atoms with Gasteiger partial charge >= 0.3 is 0 Å². The molecule has 2 N–H and O–H groups in total. The fraction of sp³-hybridized carbons (Fsp3) is 0.455. The fourth-order valence-electron chi connectivity index (χ4n) is 1.37. The normalized spacial score (nSPS) is 15.1. The van der Waals surface area contributed by atoms with Gasteiger partial charge < -0.3 is 10.2 Å². The van der Waals surface area contributed by atoms with Gasteiger partial charge in [0.25, 0.3) is 0 Å². The van der Waals surface area contributed by atoms with Crippen LogP contribution in [0.15, 0.2) is 24.3 Å². The van der Waals surface area contributed by atoms with E-state index in [4.69, 9.17) is 0 Å². The average molecular weight is 212 g/mol. The third-order valence-electron chi connectivity index (χ3n) is 2.17. The third kappa shape index (κ3) is 3.01. The minimum Gasteiger partial charge on any atom is -0.390 e. The number of thiol groups is 1. The van der Waals surface area contributed by atoms with Crippen molar-refractivity contribution >= 4 is 12.6 Å². The Morgan fingerprint density at radius 3 is 2.64 bits per heavy atom. The molecule has 0 saturated heterocycles. The summed E-state index contributed by atoms with van der Waals surface area (Å²) in [6.45, 7) is 1.96. The smallest absolute Gasteiger partial charge is 0.105 e. The van der Waals surface area contributed by atoms with Gasteiger partial charge in [-0.25, -0.2) is 0 Å². The van der Waals surface area contributed by atoms with Crippen molar-refractivity contribution in [3.8, 4) is 0 Å². The number of aliphatic hydroxyl groups is 2. The summed E-state index contributed by atoms with van der Waals surface area (Å²) in [6, 6.07) is 7.54. The van der Waals surface area contributed by atoms with E-state index < -0.39 is 12.2 Å². The average Bonchev–Trinajstić information content (AvgIpc) is 2.17. The molecule has 0 spiro atoms. The predicted molar refractivity (Wildman–Crippen MR) is 60.6 cm³/mol. The van der Waals surface area contributed by atoms with E-state index in [9.17, 15) is 10.2 Å². The van der Waals surface area contributed by atoms with Crippen LogP contribution in [0, 0.1) is 6.92 Å². The first-order valence-corrected chi connectivity index (χ1v) is 5.32. The molecule has 0 heterocycles. The molecule has 0 aliphatic rings. The van der Waals surface area contributed by atoms with Crippen molar-refractivity contribution in [1.82, 2.24) is 0 Å². The molecule has 1 aromatic rings. The third-order valence-corrected chi connectivity index (χ3v) is 2.43. The Balaban J connectivity index is 2.73. The van der Waals surface area contributed by atoms with Crippen LogP contribution in [0.4, 0.5) is 0 Å². The molecule has 0 amide bonds. The molecule has 0 aromatic heterocycles. The largest absolute Gasteiger partial charge is 0.390 e. The molecule has 14 heavy (non-hydrogen) atoms. The highest BCUT2D eigenvalue weighted by atomic mass is 32.1. The summed E-state index contributed by atoms with van der Waals surface area (Å²) in [4.78, 5) is 0. The summed E-state index contributed by atoms with van der Waals surface area (Å²) in [5, 5.41) is 19.3. The van der Waals surface area contributed by atoms with Gasteiger partial charge in [0.05, 0.1) is 6.10 Å². The van der Waals surface area contributed by atoms with Gasteiger partial charge in [0, 0.05) is 0 Å². The zero-order valence-corrected chi connectivity index (χ0v) is 9.11. The first-order chi connectivity index (χ1) is 6.65. The molecule has 0 aliphatic heterocycles.